The molecule has 0 heterocycles. The van der Waals surface area contributed by atoms with Gasteiger partial charge in [0.1, 0.15) is 0 Å². The smallest absolute Gasteiger partial charge is 0.475 e. The molecule has 13 heteroatoms. The third-order valence-electron chi connectivity index (χ3n) is 2.78. The van der Waals surface area contributed by atoms with Crippen molar-refractivity contribution in [2.75, 3.05) is 0 Å². The molecule has 1 aromatic rings. The number of carbonyl (C=O) groups is 2. The highest BCUT2D eigenvalue weighted by atomic mass is 19.4. The van der Waals surface area contributed by atoms with Gasteiger partial charge in [0.2, 0.25) is 5.91 Å². The number of carbonyl (C=O) groups excluding carboxylic acids is 1. The van der Waals surface area contributed by atoms with E-state index in [2.05, 4.69) is 0 Å². The van der Waals surface area contributed by atoms with Gasteiger partial charge in [0, 0.05) is 0 Å². The van der Waals surface area contributed by atoms with Crippen molar-refractivity contribution >= 4 is 11.9 Å². The third-order valence-corrected chi connectivity index (χ3v) is 2.78. The van der Waals surface area contributed by atoms with Crippen LogP contribution in [0.25, 0.3) is 0 Å². The first-order chi connectivity index (χ1) is 11.4. The van der Waals surface area contributed by atoms with Crippen molar-refractivity contribution in [3.05, 3.63) is 34.9 Å². The van der Waals surface area contributed by atoms with Crippen molar-refractivity contribution in [3.63, 3.8) is 0 Å². The summed E-state index contributed by atoms with van der Waals surface area (Å²) in [7, 11) is 0. The zero-order chi connectivity index (χ0) is 21.1. The number of alkyl halides is 9. The van der Waals surface area contributed by atoms with Crippen LogP contribution in [-0.4, -0.2) is 23.2 Å². The highest BCUT2D eigenvalue weighted by Gasteiger charge is 2.38. The summed E-state index contributed by atoms with van der Waals surface area (Å²) in [6.07, 6.45) is -15.0. The molecule has 0 spiro atoms. The molecule has 1 amide bonds. The molecular weight excluding hydrogens is 389 g/mol. The molecule has 0 bridgehead atoms. The summed E-state index contributed by atoms with van der Waals surface area (Å²) >= 11 is 0. The van der Waals surface area contributed by atoms with Gasteiger partial charge in [-0.2, -0.15) is 39.5 Å². The van der Waals surface area contributed by atoms with Crippen LogP contribution in [0.4, 0.5) is 39.5 Å². The summed E-state index contributed by atoms with van der Waals surface area (Å²) in [4.78, 5) is 19.8. The Hall–Kier alpha value is -2.47. The number of hydrogen-bond acceptors (Lipinski definition) is 2. The van der Waals surface area contributed by atoms with E-state index < -0.39 is 53.0 Å². The minimum Gasteiger partial charge on any atom is -0.475 e. The summed E-state index contributed by atoms with van der Waals surface area (Å²) in [5, 5.41) is 7.12. The van der Waals surface area contributed by atoms with E-state index in [4.69, 9.17) is 15.6 Å². The lowest BCUT2D eigenvalue weighted by Crippen LogP contribution is -2.21. The molecule has 0 unspecified atom stereocenters. The largest absolute Gasteiger partial charge is 0.490 e. The number of hydrogen-bond donors (Lipinski definition) is 2. The molecule has 1 rings (SSSR count). The number of primary amides is 1. The number of halogens is 9. The lowest BCUT2D eigenvalue weighted by atomic mass is 9.95. The Morgan fingerprint density at radius 1 is 0.885 bits per heavy atom. The molecule has 0 aromatic heterocycles. The van der Waals surface area contributed by atoms with Crippen LogP contribution in [0.1, 0.15) is 29.5 Å². The second-order valence-corrected chi connectivity index (χ2v) is 4.77. The standard InChI is InChI=1S/C11H9F6NO.C2HF3O2/c1-5(9(18)19)6-2-7(10(12,13)14)4-8(3-6)11(15,16)17;3-2(4,5)1(6)7/h2-5H,1H3,(H2,18,19);(H,6,7)/t5-;/m1./s1. The second-order valence-electron chi connectivity index (χ2n) is 4.77. The monoisotopic (exact) mass is 399 g/mol. The first-order valence-electron chi connectivity index (χ1n) is 6.26. The lowest BCUT2D eigenvalue weighted by Gasteiger charge is -2.16. The van der Waals surface area contributed by atoms with Gasteiger partial charge in [0.15, 0.2) is 0 Å². The van der Waals surface area contributed by atoms with Gasteiger partial charge in [-0.25, -0.2) is 4.79 Å². The minimum absolute atomic E-state index is 0.00276. The number of benzene rings is 1. The fraction of sp³-hybridized carbons (Fsp3) is 0.385. The molecule has 1 atom stereocenters. The average molecular weight is 399 g/mol. The molecule has 4 nitrogen and oxygen atoms in total. The third kappa shape index (κ3) is 7.19. The number of carboxylic acid groups (broad SMARTS) is 1. The van der Waals surface area contributed by atoms with Gasteiger partial charge in [0.25, 0.3) is 0 Å². The van der Waals surface area contributed by atoms with Crippen LogP contribution in [0, 0.1) is 0 Å². The van der Waals surface area contributed by atoms with Gasteiger partial charge >= 0.3 is 24.5 Å². The quantitative estimate of drug-likeness (QED) is 0.740. The molecule has 0 saturated heterocycles. The number of carboxylic acids is 1. The van der Waals surface area contributed by atoms with E-state index in [-0.39, 0.29) is 6.07 Å². The first kappa shape index (κ1) is 23.5. The minimum atomic E-state index is -5.08. The molecule has 148 valence electrons. The van der Waals surface area contributed by atoms with Crippen molar-refractivity contribution in [1.29, 1.82) is 0 Å². The normalized spacial score (nSPS) is 13.5. The molecule has 0 saturated carbocycles. The maximum Gasteiger partial charge on any atom is 0.490 e. The van der Waals surface area contributed by atoms with E-state index >= 15 is 0 Å². The fourth-order valence-electron chi connectivity index (χ4n) is 1.39. The van der Waals surface area contributed by atoms with Crippen LogP contribution in [0.15, 0.2) is 18.2 Å². The fourth-order valence-corrected chi connectivity index (χ4v) is 1.39. The Labute approximate surface area is 139 Å². The summed E-state index contributed by atoms with van der Waals surface area (Å²) in [5.74, 6) is -5.01. The predicted octanol–water partition coefficient (Wildman–Crippen LogP) is 3.95. The summed E-state index contributed by atoms with van der Waals surface area (Å²) in [5.41, 5.74) is 1.53. The SMILES string of the molecule is C[C@@H](C(N)=O)c1cc(C(F)(F)F)cc(C(F)(F)F)c1.O=C(O)C(F)(F)F. The van der Waals surface area contributed by atoms with E-state index in [0.29, 0.717) is 12.1 Å². The average Bonchev–Trinajstić information content (AvgIpc) is 2.43. The van der Waals surface area contributed by atoms with Gasteiger partial charge in [-0.05, 0) is 30.7 Å². The van der Waals surface area contributed by atoms with Crippen molar-refractivity contribution in [2.45, 2.75) is 31.4 Å². The first-order valence-corrected chi connectivity index (χ1v) is 6.26. The highest BCUT2D eigenvalue weighted by Crippen LogP contribution is 2.37. The molecule has 0 radical (unpaired) electrons. The van der Waals surface area contributed by atoms with E-state index in [0.717, 1.165) is 6.92 Å². The molecule has 26 heavy (non-hydrogen) atoms. The van der Waals surface area contributed by atoms with Gasteiger partial charge in [-0.3, -0.25) is 4.79 Å². The summed E-state index contributed by atoms with van der Waals surface area (Å²) in [6.45, 7) is 1.14. The van der Waals surface area contributed by atoms with E-state index in [1.807, 2.05) is 0 Å². The Morgan fingerprint density at radius 2 is 1.19 bits per heavy atom. The predicted molar refractivity (Wildman–Crippen MR) is 67.7 cm³/mol. The second kappa shape index (κ2) is 7.83. The zero-order valence-electron chi connectivity index (χ0n) is 12.6. The van der Waals surface area contributed by atoms with Crippen LogP contribution in [0.2, 0.25) is 0 Å². The van der Waals surface area contributed by atoms with Crippen molar-refractivity contribution in [3.8, 4) is 0 Å². The number of nitrogens with two attached hydrogens (primary N) is 1. The molecule has 0 fully saturated rings. The maximum absolute atomic E-state index is 12.5. The molecule has 1 aromatic carbocycles. The van der Waals surface area contributed by atoms with Gasteiger partial charge in [-0.15, -0.1) is 0 Å². The summed E-state index contributed by atoms with van der Waals surface area (Å²) < 4.78 is 107. The topological polar surface area (TPSA) is 80.4 Å². The van der Waals surface area contributed by atoms with Gasteiger partial charge in [-0.1, -0.05) is 0 Å². The van der Waals surface area contributed by atoms with Crippen LogP contribution in [0.3, 0.4) is 0 Å². The lowest BCUT2D eigenvalue weighted by molar-refractivity contribution is -0.192. The number of rotatable bonds is 2. The van der Waals surface area contributed by atoms with Crippen molar-refractivity contribution in [2.24, 2.45) is 5.73 Å². The van der Waals surface area contributed by atoms with Crippen molar-refractivity contribution < 1.29 is 54.2 Å². The summed E-state index contributed by atoms with van der Waals surface area (Å²) in [6, 6.07) is 0.979. The van der Waals surface area contributed by atoms with Crippen molar-refractivity contribution in [1.82, 2.24) is 0 Å². The molecular formula is C13H10F9NO3. The van der Waals surface area contributed by atoms with E-state index in [1.54, 1.807) is 0 Å². The molecule has 0 aliphatic heterocycles. The highest BCUT2D eigenvalue weighted by molar-refractivity contribution is 5.81. The van der Waals surface area contributed by atoms with Crippen LogP contribution >= 0.6 is 0 Å². The Bertz CT molecular complexity index is 630. The Balaban J connectivity index is 0.000000758. The Kier molecular flexibility index (Phi) is 7.08. The number of amides is 1. The maximum atomic E-state index is 12.5. The van der Waals surface area contributed by atoms with E-state index in [1.165, 1.54) is 0 Å². The Morgan fingerprint density at radius 3 is 1.38 bits per heavy atom. The van der Waals surface area contributed by atoms with E-state index in [9.17, 15) is 44.3 Å². The van der Waals surface area contributed by atoms with Gasteiger partial charge in [0.05, 0.1) is 17.0 Å². The van der Waals surface area contributed by atoms with Crippen LogP contribution in [-0.2, 0) is 21.9 Å². The molecule has 0 aliphatic carbocycles. The van der Waals surface area contributed by atoms with Crippen LogP contribution in [0.5, 0.6) is 0 Å². The van der Waals surface area contributed by atoms with Crippen LogP contribution < -0.4 is 5.73 Å². The zero-order valence-corrected chi connectivity index (χ0v) is 12.6. The molecule has 0 aliphatic rings. The molecule has 3 N–H and O–H groups in total. The number of aliphatic carboxylic acids is 1. The van der Waals surface area contributed by atoms with Gasteiger partial charge < -0.3 is 10.8 Å².